The smallest absolute Gasteiger partial charge is 0.324 e. The molecular weight excluding hydrogens is 191 g/mol. The Labute approximate surface area is 93.6 Å². The van der Waals surface area contributed by atoms with Crippen LogP contribution in [0, 0.1) is 5.92 Å². The molecule has 0 saturated heterocycles. The molecule has 6 radical (unpaired) electrons. The standard InChI is InChI=1S/C8H12B3NO3/c1-4(2)8(9,10)6(7(14)15)12(11)5(3)13/h4,6H,1-3H3,(H,14,15). The van der Waals surface area contributed by atoms with E-state index in [2.05, 4.69) is 0 Å². The Bertz CT molecular complexity index is 268. The quantitative estimate of drug-likeness (QED) is 0.625. The highest BCUT2D eigenvalue weighted by atomic mass is 16.4. The minimum Gasteiger partial charge on any atom is -0.480 e. The van der Waals surface area contributed by atoms with E-state index in [0.29, 0.717) is 4.81 Å². The number of carbonyl (C=O) groups excluding carboxylic acids is 1. The van der Waals surface area contributed by atoms with E-state index in [4.69, 9.17) is 28.8 Å². The molecule has 0 heterocycles. The topological polar surface area (TPSA) is 57.6 Å². The van der Waals surface area contributed by atoms with Crippen LogP contribution in [0.2, 0.25) is 5.21 Å². The van der Waals surface area contributed by atoms with Crippen molar-refractivity contribution in [2.45, 2.75) is 32.0 Å². The Hall–Kier alpha value is -0.865. The Morgan fingerprint density at radius 1 is 1.33 bits per heavy atom. The fraction of sp³-hybridized carbons (Fsp3) is 0.750. The van der Waals surface area contributed by atoms with E-state index in [0.717, 1.165) is 6.92 Å². The molecule has 0 aromatic carbocycles. The van der Waals surface area contributed by atoms with Gasteiger partial charge >= 0.3 is 5.97 Å². The molecule has 0 aliphatic heterocycles. The predicted octanol–water partition coefficient (Wildman–Crippen LogP) is -0.519. The summed E-state index contributed by atoms with van der Waals surface area (Å²) in [5.41, 5.74) is 0. The van der Waals surface area contributed by atoms with Crippen LogP contribution in [0.15, 0.2) is 0 Å². The van der Waals surface area contributed by atoms with Gasteiger partial charge in [-0.2, -0.15) is 0 Å². The minimum atomic E-state index is -1.58. The summed E-state index contributed by atoms with van der Waals surface area (Å²) >= 11 is 0. The third-order valence-electron chi connectivity index (χ3n) is 2.35. The Morgan fingerprint density at radius 2 is 1.73 bits per heavy atom. The molecule has 0 bridgehead atoms. The summed E-state index contributed by atoms with van der Waals surface area (Å²) in [6.45, 7) is 4.46. The molecule has 0 fully saturated rings. The number of carboxylic acids is 1. The molecular formula is C8H12B3NO3. The lowest BCUT2D eigenvalue weighted by Crippen LogP contribution is -2.52. The average molecular weight is 203 g/mol. The molecule has 0 saturated carbocycles. The monoisotopic (exact) mass is 203 g/mol. The average Bonchev–Trinajstić information content (AvgIpc) is 2.02. The van der Waals surface area contributed by atoms with Gasteiger partial charge in [0.1, 0.15) is 6.04 Å². The summed E-state index contributed by atoms with van der Waals surface area (Å²) in [6, 6.07) is -1.45. The number of carbonyl (C=O) groups is 2. The van der Waals surface area contributed by atoms with Crippen LogP contribution in [0.5, 0.6) is 0 Å². The first-order chi connectivity index (χ1) is 6.62. The maximum atomic E-state index is 11.0. The molecule has 0 spiro atoms. The normalized spacial score (nSPS) is 13.6. The van der Waals surface area contributed by atoms with E-state index in [1.54, 1.807) is 13.8 Å². The molecule has 76 valence electrons. The second-order valence-electron chi connectivity index (χ2n) is 3.82. The van der Waals surface area contributed by atoms with Crippen molar-refractivity contribution < 1.29 is 14.7 Å². The van der Waals surface area contributed by atoms with Crippen molar-refractivity contribution in [1.82, 2.24) is 4.81 Å². The van der Waals surface area contributed by atoms with Gasteiger partial charge in [0.15, 0.2) is 0 Å². The van der Waals surface area contributed by atoms with E-state index in [1.165, 1.54) is 0 Å². The number of carboxylic acid groups (broad SMARTS) is 1. The number of aliphatic carboxylic acids is 1. The van der Waals surface area contributed by atoms with Crippen LogP contribution in [0.25, 0.3) is 0 Å². The summed E-state index contributed by atoms with van der Waals surface area (Å²) in [5.74, 6) is -2.28. The van der Waals surface area contributed by atoms with E-state index >= 15 is 0 Å². The Kier molecular flexibility index (Phi) is 4.50. The number of nitrogens with zero attached hydrogens (tertiary/aromatic N) is 1. The van der Waals surface area contributed by atoms with Crippen LogP contribution in [-0.2, 0) is 9.59 Å². The van der Waals surface area contributed by atoms with Crippen molar-refractivity contribution in [3.8, 4) is 0 Å². The van der Waals surface area contributed by atoms with E-state index < -0.39 is 23.1 Å². The number of amides is 1. The van der Waals surface area contributed by atoms with Gasteiger partial charge < -0.3 is 9.92 Å². The highest BCUT2D eigenvalue weighted by molar-refractivity contribution is 6.42. The Morgan fingerprint density at radius 3 is 1.93 bits per heavy atom. The van der Waals surface area contributed by atoms with Gasteiger partial charge in [-0.3, -0.25) is 9.59 Å². The molecule has 1 amide bonds. The van der Waals surface area contributed by atoms with Crippen molar-refractivity contribution >= 4 is 35.6 Å². The van der Waals surface area contributed by atoms with Crippen molar-refractivity contribution in [1.29, 1.82) is 0 Å². The van der Waals surface area contributed by atoms with Crippen molar-refractivity contribution in [3.05, 3.63) is 0 Å². The SMILES string of the molecule is [B]N(C(C)=O)C(C(=O)O)C([B])([B])C(C)C. The van der Waals surface area contributed by atoms with Crippen LogP contribution in [0.1, 0.15) is 20.8 Å². The van der Waals surface area contributed by atoms with Crippen molar-refractivity contribution in [2.75, 3.05) is 0 Å². The molecule has 1 N–H and O–H groups in total. The van der Waals surface area contributed by atoms with Gasteiger partial charge in [-0.05, 0) is 0 Å². The van der Waals surface area contributed by atoms with Gasteiger partial charge in [-0.1, -0.05) is 25.0 Å². The first-order valence-corrected chi connectivity index (χ1v) is 4.47. The zero-order valence-corrected chi connectivity index (χ0v) is 9.10. The summed E-state index contributed by atoms with van der Waals surface area (Å²) in [7, 11) is 16.7. The number of hydrogen-bond donors (Lipinski definition) is 1. The summed E-state index contributed by atoms with van der Waals surface area (Å²) < 4.78 is 0. The maximum Gasteiger partial charge on any atom is 0.324 e. The fourth-order valence-corrected chi connectivity index (χ4v) is 1.07. The van der Waals surface area contributed by atoms with Crippen molar-refractivity contribution in [3.63, 3.8) is 0 Å². The molecule has 7 heteroatoms. The molecule has 4 nitrogen and oxygen atoms in total. The molecule has 0 aromatic heterocycles. The third-order valence-corrected chi connectivity index (χ3v) is 2.35. The van der Waals surface area contributed by atoms with Gasteiger partial charge in [-0.25, -0.2) is 0 Å². The van der Waals surface area contributed by atoms with E-state index in [1.807, 2.05) is 0 Å². The molecule has 1 atom stereocenters. The molecule has 0 rings (SSSR count). The summed E-state index contributed by atoms with van der Waals surface area (Å²) in [5, 5.41) is 7.37. The Balaban J connectivity index is 5.15. The van der Waals surface area contributed by atoms with Crippen molar-refractivity contribution in [2.24, 2.45) is 5.92 Å². The fourth-order valence-electron chi connectivity index (χ4n) is 1.07. The van der Waals surface area contributed by atoms with Gasteiger partial charge in [0.2, 0.25) is 13.9 Å². The lowest BCUT2D eigenvalue weighted by Gasteiger charge is -2.41. The molecule has 15 heavy (non-hydrogen) atoms. The number of rotatable bonds is 4. The van der Waals surface area contributed by atoms with Crippen LogP contribution < -0.4 is 0 Å². The summed E-state index contributed by atoms with van der Waals surface area (Å²) in [4.78, 5) is 22.5. The zero-order chi connectivity index (χ0) is 12.4. The lowest BCUT2D eigenvalue weighted by atomic mass is 9.45. The predicted molar refractivity (Wildman–Crippen MR) is 58.7 cm³/mol. The molecule has 0 aliphatic carbocycles. The van der Waals surface area contributed by atoms with Crippen LogP contribution in [0.4, 0.5) is 0 Å². The highest BCUT2D eigenvalue weighted by Gasteiger charge is 2.39. The largest absolute Gasteiger partial charge is 0.480 e. The molecule has 1 unspecified atom stereocenters. The van der Waals surface area contributed by atoms with Crippen LogP contribution in [-0.4, -0.2) is 51.5 Å². The highest BCUT2D eigenvalue weighted by Crippen LogP contribution is 2.34. The van der Waals surface area contributed by atoms with Crippen LogP contribution in [0.3, 0.4) is 0 Å². The lowest BCUT2D eigenvalue weighted by molar-refractivity contribution is -0.146. The minimum absolute atomic E-state index is 0.344. The summed E-state index contributed by atoms with van der Waals surface area (Å²) in [6.07, 6.45) is 0. The zero-order valence-electron chi connectivity index (χ0n) is 9.10. The van der Waals surface area contributed by atoms with Gasteiger partial charge in [0.25, 0.3) is 0 Å². The second kappa shape index (κ2) is 4.77. The van der Waals surface area contributed by atoms with E-state index in [-0.39, 0.29) is 5.92 Å². The first-order valence-electron chi connectivity index (χ1n) is 4.47. The van der Waals surface area contributed by atoms with E-state index in [9.17, 15) is 9.59 Å². The molecule has 0 aromatic rings. The number of hydrogen-bond acceptors (Lipinski definition) is 2. The van der Waals surface area contributed by atoms with Gasteiger partial charge in [0.05, 0.1) is 15.7 Å². The van der Waals surface area contributed by atoms with Crippen LogP contribution >= 0.6 is 0 Å². The molecule has 0 aliphatic rings. The maximum absolute atomic E-state index is 11.0. The van der Waals surface area contributed by atoms with Gasteiger partial charge in [-0.15, -0.1) is 0 Å². The first kappa shape index (κ1) is 14.1. The third kappa shape index (κ3) is 3.04. The van der Waals surface area contributed by atoms with Gasteiger partial charge in [0, 0.05) is 6.92 Å². The second-order valence-corrected chi connectivity index (χ2v) is 3.82.